The van der Waals surface area contributed by atoms with Gasteiger partial charge in [0.2, 0.25) is 5.91 Å². The van der Waals surface area contributed by atoms with E-state index in [-0.39, 0.29) is 17.3 Å². The normalized spacial score (nSPS) is 12.7. The van der Waals surface area contributed by atoms with Crippen LogP contribution in [0.25, 0.3) is 0 Å². The Labute approximate surface area is 119 Å². The molecule has 0 heterocycles. The summed E-state index contributed by atoms with van der Waals surface area (Å²) in [6.07, 6.45) is 0. The van der Waals surface area contributed by atoms with Crippen LogP contribution in [0.1, 0.15) is 36.7 Å². The smallest absolute Gasteiger partial charge is 0.337 e. The van der Waals surface area contributed by atoms with Crippen LogP contribution in [0.5, 0.6) is 0 Å². The van der Waals surface area contributed by atoms with Gasteiger partial charge in [-0.05, 0) is 23.1 Å². The number of rotatable bonds is 4. The third kappa shape index (κ3) is 4.35. The lowest BCUT2D eigenvalue weighted by molar-refractivity contribution is -0.124. The quantitative estimate of drug-likeness (QED) is 0.817. The largest absolute Gasteiger partial charge is 0.465 e. The molecule has 0 fully saturated rings. The molecule has 0 spiro atoms. The lowest BCUT2D eigenvalue weighted by atomic mass is 9.87. The summed E-state index contributed by atoms with van der Waals surface area (Å²) in [5.74, 6) is -0.565. The number of hydrogen-bond acceptors (Lipinski definition) is 4. The van der Waals surface area contributed by atoms with Crippen LogP contribution in [-0.4, -0.2) is 25.0 Å². The van der Waals surface area contributed by atoms with Crippen molar-refractivity contribution in [2.24, 2.45) is 11.1 Å². The van der Waals surface area contributed by atoms with E-state index >= 15 is 0 Å². The molecule has 3 N–H and O–H groups in total. The van der Waals surface area contributed by atoms with Crippen LogP contribution in [0.15, 0.2) is 24.3 Å². The van der Waals surface area contributed by atoms with E-state index in [1.165, 1.54) is 7.11 Å². The van der Waals surface area contributed by atoms with Gasteiger partial charge >= 0.3 is 5.97 Å². The van der Waals surface area contributed by atoms with Crippen molar-refractivity contribution in [2.45, 2.75) is 33.4 Å². The summed E-state index contributed by atoms with van der Waals surface area (Å²) in [4.78, 5) is 23.2. The Bertz CT molecular complexity index is 475. The maximum atomic E-state index is 11.9. The second-order valence-electron chi connectivity index (χ2n) is 5.75. The van der Waals surface area contributed by atoms with E-state index in [2.05, 4.69) is 10.1 Å². The molecule has 0 aliphatic heterocycles. The fourth-order valence-corrected chi connectivity index (χ4v) is 1.57. The highest BCUT2D eigenvalue weighted by atomic mass is 16.5. The minimum Gasteiger partial charge on any atom is -0.465 e. The first-order chi connectivity index (χ1) is 9.25. The van der Waals surface area contributed by atoms with Gasteiger partial charge in [0, 0.05) is 6.54 Å². The molecule has 110 valence electrons. The van der Waals surface area contributed by atoms with Gasteiger partial charge in [0.25, 0.3) is 0 Å². The summed E-state index contributed by atoms with van der Waals surface area (Å²) in [6.45, 7) is 6.14. The van der Waals surface area contributed by atoms with Crippen molar-refractivity contribution in [1.82, 2.24) is 5.32 Å². The Balaban J connectivity index is 2.58. The van der Waals surface area contributed by atoms with Crippen LogP contribution in [0.3, 0.4) is 0 Å². The molecule has 1 aromatic carbocycles. The second kappa shape index (κ2) is 6.52. The summed E-state index contributed by atoms with van der Waals surface area (Å²) in [5, 5.41) is 2.79. The number of amides is 1. The Morgan fingerprint density at radius 3 is 2.25 bits per heavy atom. The Hall–Kier alpha value is -1.88. The van der Waals surface area contributed by atoms with Gasteiger partial charge in [0.15, 0.2) is 0 Å². The number of ether oxygens (including phenoxy) is 1. The van der Waals surface area contributed by atoms with Crippen molar-refractivity contribution >= 4 is 11.9 Å². The standard InChI is InChI=1S/C15H22N2O3/c1-15(2,3)12(16)13(18)17-9-10-5-7-11(8-6-10)14(19)20-4/h5-8,12H,9,16H2,1-4H3,(H,17,18)/t12-/m1/s1. The molecule has 0 aliphatic rings. The van der Waals surface area contributed by atoms with Gasteiger partial charge in [0.1, 0.15) is 0 Å². The Morgan fingerprint density at radius 1 is 1.25 bits per heavy atom. The maximum absolute atomic E-state index is 11.9. The highest BCUT2D eigenvalue weighted by Crippen LogP contribution is 2.17. The first-order valence-corrected chi connectivity index (χ1v) is 6.46. The summed E-state index contributed by atoms with van der Waals surface area (Å²) in [5.41, 5.74) is 6.96. The molecule has 1 aromatic rings. The third-order valence-corrected chi connectivity index (χ3v) is 3.06. The number of methoxy groups -OCH3 is 1. The first kappa shape index (κ1) is 16.2. The molecular formula is C15H22N2O3. The van der Waals surface area contributed by atoms with Crippen molar-refractivity contribution in [3.63, 3.8) is 0 Å². The average Bonchev–Trinajstić information content (AvgIpc) is 2.42. The Morgan fingerprint density at radius 2 is 1.80 bits per heavy atom. The van der Waals surface area contributed by atoms with E-state index in [9.17, 15) is 9.59 Å². The van der Waals surface area contributed by atoms with Crippen molar-refractivity contribution in [1.29, 1.82) is 0 Å². The highest BCUT2D eigenvalue weighted by Gasteiger charge is 2.27. The molecule has 0 saturated carbocycles. The predicted octanol–water partition coefficient (Wildman–Crippen LogP) is 1.46. The van der Waals surface area contributed by atoms with Crippen LogP contribution in [0.2, 0.25) is 0 Å². The van der Waals surface area contributed by atoms with Gasteiger partial charge < -0.3 is 15.8 Å². The molecule has 5 heteroatoms. The molecule has 0 unspecified atom stereocenters. The fraction of sp³-hybridized carbons (Fsp3) is 0.467. The molecule has 20 heavy (non-hydrogen) atoms. The SMILES string of the molecule is COC(=O)c1ccc(CNC(=O)[C@@H](N)C(C)(C)C)cc1. The Kier molecular flexibility index (Phi) is 5.27. The monoisotopic (exact) mass is 278 g/mol. The van der Waals surface area contributed by atoms with E-state index in [1.807, 2.05) is 20.8 Å². The van der Waals surface area contributed by atoms with Crippen LogP contribution >= 0.6 is 0 Å². The molecular weight excluding hydrogens is 256 g/mol. The lowest BCUT2D eigenvalue weighted by Gasteiger charge is -2.25. The van der Waals surface area contributed by atoms with E-state index in [0.717, 1.165) is 5.56 Å². The van der Waals surface area contributed by atoms with Crippen molar-refractivity contribution < 1.29 is 14.3 Å². The van der Waals surface area contributed by atoms with Crippen LogP contribution in [0, 0.1) is 5.41 Å². The topological polar surface area (TPSA) is 81.4 Å². The minimum absolute atomic E-state index is 0.186. The number of nitrogens with two attached hydrogens (primary N) is 1. The minimum atomic E-state index is -0.558. The molecule has 0 aromatic heterocycles. The molecule has 5 nitrogen and oxygen atoms in total. The second-order valence-corrected chi connectivity index (χ2v) is 5.75. The summed E-state index contributed by atoms with van der Waals surface area (Å²) in [7, 11) is 1.34. The first-order valence-electron chi connectivity index (χ1n) is 6.46. The number of carbonyl (C=O) groups excluding carboxylic acids is 2. The number of nitrogens with one attached hydrogen (secondary N) is 1. The van der Waals surface area contributed by atoms with E-state index < -0.39 is 6.04 Å². The molecule has 0 bridgehead atoms. The van der Waals surface area contributed by atoms with Gasteiger partial charge in [-0.3, -0.25) is 4.79 Å². The summed E-state index contributed by atoms with van der Waals surface area (Å²) in [6, 6.07) is 6.31. The van der Waals surface area contributed by atoms with Gasteiger partial charge in [0.05, 0.1) is 18.7 Å². The zero-order valence-corrected chi connectivity index (χ0v) is 12.4. The fourth-order valence-electron chi connectivity index (χ4n) is 1.57. The molecule has 0 radical (unpaired) electrons. The van der Waals surface area contributed by atoms with Crippen molar-refractivity contribution in [3.05, 3.63) is 35.4 Å². The van der Waals surface area contributed by atoms with E-state index in [1.54, 1.807) is 24.3 Å². The summed E-state index contributed by atoms with van der Waals surface area (Å²) >= 11 is 0. The highest BCUT2D eigenvalue weighted by molar-refractivity contribution is 5.89. The van der Waals surface area contributed by atoms with Crippen LogP contribution < -0.4 is 11.1 Å². The molecule has 1 amide bonds. The maximum Gasteiger partial charge on any atom is 0.337 e. The van der Waals surface area contributed by atoms with Crippen LogP contribution in [0.4, 0.5) is 0 Å². The number of hydrogen-bond donors (Lipinski definition) is 2. The predicted molar refractivity (Wildman–Crippen MR) is 77.1 cm³/mol. The molecule has 1 rings (SSSR count). The third-order valence-electron chi connectivity index (χ3n) is 3.06. The molecule has 1 atom stereocenters. The molecule has 0 saturated heterocycles. The van der Waals surface area contributed by atoms with Gasteiger partial charge in [-0.1, -0.05) is 32.9 Å². The number of esters is 1. The zero-order valence-electron chi connectivity index (χ0n) is 12.4. The van der Waals surface area contributed by atoms with E-state index in [4.69, 9.17) is 5.73 Å². The summed E-state index contributed by atoms with van der Waals surface area (Å²) < 4.78 is 4.62. The van der Waals surface area contributed by atoms with Crippen LogP contribution in [-0.2, 0) is 16.1 Å². The number of carbonyl (C=O) groups is 2. The molecule has 0 aliphatic carbocycles. The van der Waals surface area contributed by atoms with Gasteiger partial charge in [-0.25, -0.2) is 4.79 Å². The van der Waals surface area contributed by atoms with Gasteiger partial charge in [-0.2, -0.15) is 0 Å². The van der Waals surface area contributed by atoms with E-state index in [0.29, 0.717) is 12.1 Å². The van der Waals surface area contributed by atoms with Crippen molar-refractivity contribution in [2.75, 3.05) is 7.11 Å². The van der Waals surface area contributed by atoms with Gasteiger partial charge in [-0.15, -0.1) is 0 Å². The average molecular weight is 278 g/mol. The lowest BCUT2D eigenvalue weighted by Crippen LogP contribution is -2.48. The van der Waals surface area contributed by atoms with Crippen molar-refractivity contribution in [3.8, 4) is 0 Å². The zero-order chi connectivity index (χ0) is 15.3. The number of benzene rings is 1.